The normalized spacial score (nSPS) is 18.2. The van der Waals surface area contributed by atoms with Gasteiger partial charge in [-0.3, -0.25) is 4.79 Å². The second-order valence-electron chi connectivity index (χ2n) is 5.80. The van der Waals surface area contributed by atoms with E-state index in [9.17, 15) is 9.18 Å². The van der Waals surface area contributed by atoms with Crippen LogP contribution in [0.15, 0.2) is 29.4 Å². The maximum atomic E-state index is 13.9. The number of benzene rings is 1. The summed E-state index contributed by atoms with van der Waals surface area (Å²) in [7, 11) is 0. The minimum atomic E-state index is -0.430. The van der Waals surface area contributed by atoms with E-state index < -0.39 is 11.1 Å². The standard InChI is InChI=1S/C16H20FN5O2S/c1-10(15(23)19-9-11-5-4-8-24-11)25-16-21-20-14(22(16)18)12-6-2-3-7-13(12)17/h2-3,6-7,10-11H,4-5,8-9,18H2,1H3,(H,19,23)/t10-,11-/m0/s1. The molecule has 0 bridgehead atoms. The number of nitrogens with two attached hydrogens (primary N) is 1. The van der Waals surface area contributed by atoms with Gasteiger partial charge in [0.1, 0.15) is 5.82 Å². The Labute approximate surface area is 149 Å². The molecule has 25 heavy (non-hydrogen) atoms. The second kappa shape index (κ2) is 7.83. The van der Waals surface area contributed by atoms with Crippen LogP contribution in [0.25, 0.3) is 11.4 Å². The molecular weight excluding hydrogens is 345 g/mol. The summed E-state index contributed by atoms with van der Waals surface area (Å²) in [6, 6.07) is 6.19. The molecule has 1 amide bonds. The molecule has 1 aliphatic heterocycles. The van der Waals surface area contributed by atoms with Crippen molar-refractivity contribution in [1.29, 1.82) is 0 Å². The lowest BCUT2D eigenvalue weighted by Gasteiger charge is -2.14. The average molecular weight is 365 g/mol. The Bertz CT molecular complexity index is 748. The number of aromatic nitrogens is 3. The molecule has 7 nitrogen and oxygen atoms in total. The number of hydrogen-bond acceptors (Lipinski definition) is 6. The molecule has 2 heterocycles. The van der Waals surface area contributed by atoms with Crippen molar-refractivity contribution in [2.75, 3.05) is 19.0 Å². The van der Waals surface area contributed by atoms with Gasteiger partial charge in [0.05, 0.1) is 16.9 Å². The molecule has 1 aromatic heterocycles. The van der Waals surface area contributed by atoms with Crippen molar-refractivity contribution in [2.45, 2.75) is 36.3 Å². The van der Waals surface area contributed by atoms with Crippen LogP contribution in [0.5, 0.6) is 0 Å². The van der Waals surface area contributed by atoms with Gasteiger partial charge in [0.2, 0.25) is 11.1 Å². The van der Waals surface area contributed by atoms with Gasteiger partial charge in [-0.05, 0) is 31.9 Å². The number of carbonyl (C=O) groups is 1. The summed E-state index contributed by atoms with van der Waals surface area (Å²) in [6.07, 6.45) is 2.08. The smallest absolute Gasteiger partial charge is 0.233 e. The van der Waals surface area contributed by atoms with Crippen LogP contribution in [0.4, 0.5) is 4.39 Å². The van der Waals surface area contributed by atoms with Gasteiger partial charge in [0.25, 0.3) is 0 Å². The lowest BCUT2D eigenvalue weighted by atomic mass is 10.2. The number of amides is 1. The molecule has 1 aromatic carbocycles. The Morgan fingerprint density at radius 2 is 2.32 bits per heavy atom. The van der Waals surface area contributed by atoms with E-state index >= 15 is 0 Å². The molecule has 2 aromatic rings. The molecule has 3 rings (SSSR count). The monoisotopic (exact) mass is 365 g/mol. The predicted octanol–water partition coefficient (Wildman–Crippen LogP) is 1.57. The summed E-state index contributed by atoms with van der Waals surface area (Å²) in [5.74, 6) is 5.64. The molecule has 2 atom stereocenters. The molecule has 134 valence electrons. The molecule has 0 unspecified atom stereocenters. The number of thioether (sulfide) groups is 1. The van der Waals surface area contributed by atoms with Gasteiger partial charge in [-0.15, -0.1) is 10.2 Å². The SMILES string of the molecule is C[C@H](Sc1nnc(-c2ccccc2F)n1N)C(=O)NC[C@@H]1CCCO1. The molecule has 1 fully saturated rings. The van der Waals surface area contributed by atoms with Gasteiger partial charge < -0.3 is 15.9 Å². The third-order valence-electron chi connectivity index (χ3n) is 3.96. The Morgan fingerprint density at radius 3 is 3.04 bits per heavy atom. The zero-order chi connectivity index (χ0) is 17.8. The number of nitrogens with one attached hydrogen (secondary N) is 1. The van der Waals surface area contributed by atoms with Crippen LogP contribution in [0, 0.1) is 5.82 Å². The van der Waals surface area contributed by atoms with E-state index in [0.717, 1.165) is 19.4 Å². The summed E-state index contributed by atoms with van der Waals surface area (Å²) in [6.45, 7) is 3.01. The van der Waals surface area contributed by atoms with Gasteiger partial charge in [-0.1, -0.05) is 23.9 Å². The predicted molar refractivity (Wildman–Crippen MR) is 92.9 cm³/mol. The van der Waals surface area contributed by atoms with E-state index in [1.165, 1.54) is 22.5 Å². The van der Waals surface area contributed by atoms with Gasteiger partial charge in [0.15, 0.2) is 5.82 Å². The maximum Gasteiger partial charge on any atom is 0.233 e. The van der Waals surface area contributed by atoms with Crippen molar-refractivity contribution in [3.8, 4) is 11.4 Å². The summed E-state index contributed by atoms with van der Waals surface area (Å²) in [5, 5.41) is 10.7. The molecule has 1 aliphatic rings. The summed E-state index contributed by atoms with van der Waals surface area (Å²) < 4.78 is 20.6. The van der Waals surface area contributed by atoms with Crippen molar-refractivity contribution >= 4 is 17.7 Å². The topological polar surface area (TPSA) is 95.1 Å². The Balaban J connectivity index is 1.62. The van der Waals surface area contributed by atoms with Crippen molar-refractivity contribution < 1.29 is 13.9 Å². The van der Waals surface area contributed by atoms with Crippen LogP contribution in [-0.4, -0.2) is 45.3 Å². The number of ether oxygens (including phenoxy) is 1. The van der Waals surface area contributed by atoms with Crippen molar-refractivity contribution in [3.63, 3.8) is 0 Å². The molecule has 1 saturated heterocycles. The first-order valence-corrected chi connectivity index (χ1v) is 8.95. The third kappa shape index (κ3) is 4.10. The van der Waals surface area contributed by atoms with Crippen LogP contribution < -0.4 is 11.2 Å². The lowest BCUT2D eigenvalue weighted by Crippen LogP contribution is -2.36. The zero-order valence-corrected chi connectivity index (χ0v) is 14.6. The highest BCUT2D eigenvalue weighted by atomic mass is 32.2. The third-order valence-corrected chi connectivity index (χ3v) is 5.02. The number of hydrogen-bond donors (Lipinski definition) is 2. The fourth-order valence-electron chi connectivity index (χ4n) is 2.56. The fourth-order valence-corrected chi connectivity index (χ4v) is 3.35. The average Bonchev–Trinajstić information content (AvgIpc) is 3.24. The minimum absolute atomic E-state index is 0.0898. The first-order chi connectivity index (χ1) is 12.1. The molecule has 3 N–H and O–H groups in total. The van der Waals surface area contributed by atoms with Crippen molar-refractivity contribution in [1.82, 2.24) is 20.2 Å². The number of nitrogen functional groups attached to an aromatic ring is 1. The Kier molecular flexibility index (Phi) is 5.54. The van der Waals surface area contributed by atoms with E-state index in [-0.39, 0.29) is 23.4 Å². The molecule has 0 spiro atoms. The van der Waals surface area contributed by atoms with Gasteiger partial charge in [0, 0.05) is 13.2 Å². The van der Waals surface area contributed by atoms with Crippen molar-refractivity contribution in [2.24, 2.45) is 0 Å². The summed E-state index contributed by atoms with van der Waals surface area (Å²) in [5.41, 5.74) is 0.264. The molecular formula is C16H20FN5O2S. The van der Waals surface area contributed by atoms with E-state index in [2.05, 4.69) is 15.5 Å². The highest BCUT2D eigenvalue weighted by Gasteiger charge is 2.22. The lowest BCUT2D eigenvalue weighted by molar-refractivity contribution is -0.120. The summed E-state index contributed by atoms with van der Waals surface area (Å²) >= 11 is 1.17. The second-order valence-corrected chi connectivity index (χ2v) is 7.10. The van der Waals surface area contributed by atoms with Crippen LogP contribution in [0.3, 0.4) is 0 Å². The zero-order valence-electron chi connectivity index (χ0n) is 13.8. The molecule has 0 aliphatic carbocycles. The van der Waals surface area contributed by atoms with Gasteiger partial charge >= 0.3 is 0 Å². The van der Waals surface area contributed by atoms with E-state index in [1.807, 2.05) is 0 Å². The van der Waals surface area contributed by atoms with Gasteiger partial charge in [-0.25, -0.2) is 9.07 Å². The van der Waals surface area contributed by atoms with Gasteiger partial charge in [-0.2, -0.15) is 0 Å². The van der Waals surface area contributed by atoms with E-state index in [0.29, 0.717) is 11.7 Å². The molecule has 0 radical (unpaired) electrons. The maximum absolute atomic E-state index is 13.9. The minimum Gasteiger partial charge on any atom is -0.376 e. The van der Waals surface area contributed by atoms with Crippen LogP contribution in [0.2, 0.25) is 0 Å². The highest BCUT2D eigenvalue weighted by Crippen LogP contribution is 2.26. The number of carbonyl (C=O) groups excluding carboxylic acids is 1. The molecule has 9 heteroatoms. The highest BCUT2D eigenvalue weighted by molar-refractivity contribution is 8.00. The van der Waals surface area contributed by atoms with Crippen LogP contribution in [-0.2, 0) is 9.53 Å². The van der Waals surface area contributed by atoms with Crippen molar-refractivity contribution in [3.05, 3.63) is 30.1 Å². The largest absolute Gasteiger partial charge is 0.376 e. The number of halogens is 1. The first-order valence-electron chi connectivity index (χ1n) is 8.07. The van der Waals surface area contributed by atoms with Crippen LogP contribution in [0.1, 0.15) is 19.8 Å². The van der Waals surface area contributed by atoms with E-state index in [1.54, 1.807) is 25.1 Å². The number of rotatable bonds is 6. The Hall–Kier alpha value is -2.13. The molecule has 0 saturated carbocycles. The fraction of sp³-hybridized carbons (Fsp3) is 0.438. The quantitative estimate of drug-likeness (QED) is 0.596. The van der Waals surface area contributed by atoms with E-state index in [4.69, 9.17) is 10.6 Å². The Morgan fingerprint density at radius 1 is 1.52 bits per heavy atom. The first kappa shape index (κ1) is 17.7. The summed E-state index contributed by atoms with van der Waals surface area (Å²) in [4.78, 5) is 12.2. The number of nitrogens with zero attached hydrogens (tertiary/aromatic N) is 3. The van der Waals surface area contributed by atoms with Crippen LogP contribution >= 0.6 is 11.8 Å².